The molecule has 282 valence electrons. The summed E-state index contributed by atoms with van der Waals surface area (Å²) in [6.45, 7) is 5.89. The molecule has 0 saturated heterocycles. The quantitative estimate of drug-likeness (QED) is 0.188. The molecule has 1 rings (SSSR count). The minimum Gasteiger partial charge on any atom is -0.512 e. The summed E-state index contributed by atoms with van der Waals surface area (Å²) in [5, 5.41) is 61.4. The van der Waals surface area contributed by atoms with Crippen molar-refractivity contribution in [3.8, 4) is 0 Å². The highest BCUT2D eigenvalue weighted by molar-refractivity contribution is 5.88. The Morgan fingerprint density at radius 2 is 1.10 bits per heavy atom. The van der Waals surface area contributed by atoms with E-state index in [1.165, 1.54) is 6.08 Å². The molecule has 1 heterocycles. The van der Waals surface area contributed by atoms with Gasteiger partial charge in [-0.05, 0) is 51.0 Å². The van der Waals surface area contributed by atoms with Gasteiger partial charge in [0.1, 0.15) is 17.7 Å². The van der Waals surface area contributed by atoms with E-state index in [1.807, 2.05) is 0 Å². The second-order valence-corrected chi connectivity index (χ2v) is 13.6. The monoisotopic (exact) mass is 702 g/mol. The molecule has 1 aliphatic heterocycles. The summed E-state index contributed by atoms with van der Waals surface area (Å²) in [4.78, 5) is 37.5. The summed E-state index contributed by atoms with van der Waals surface area (Å²) in [5.41, 5.74) is 0.506. The first-order valence-corrected chi connectivity index (χ1v) is 18.2. The Kier molecular flexibility index (Phi) is 23.9. The van der Waals surface area contributed by atoms with Gasteiger partial charge in [-0.2, -0.15) is 0 Å². The Hall–Kier alpha value is -3.15. The van der Waals surface area contributed by atoms with E-state index in [-0.39, 0.29) is 74.5 Å². The zero-order valence-electron chi connectivity index (χ0n) is 30.2. The summed E-state index contributed by atoms with van der Waals surface area (Å²) in [7, 11) is 0. The van der Waals surface area contributed by atoms with Gasteiger partial charge in [-0.25, -0.2) is 4.79 Å². The van der Waals surface area contributed by atoms with Gasteiger partial charge in [0.05, 0.1) is 36.3 Å². The molecule has 7 atom stereocenters. The van der Waals surface area contributed by atoms with Crippen molar-refractivity contribution in [1.29, 1.82) is 0 Å². The molecule has 10 heteroatoms. The van der Waals surface area contributed by atoms with Gasteiger partial charge >= 0.3 is 5.97 Å². The Labute approximate surface area is 298 Å². The molecule has 0 aromatic heterocycles. The van der Waals surface area contributed by atoms with E-state index in [2.05, 4.69) is 13.8 Å². The fourth-order valence-corrected chi connectivity index (χ4v) is 5.63. The van der Waals surface area contributed by atoms with Crippen molar-refractivity contribution < 1.29 is 49.8 Å². The number of esters is 1. The molecule has 0 amide bonds. The van der Waals surface area contributed by atoms with Gasteiger partial charge < -0.3 is 35.4 Å². The van der Waals surface area contributed by atoms with E-state index in [0.29, 0.717) is 18.4 Å². The first-order valence-electron chi connectivity index (χ1n) is 18.2. The minimum absolute atomic E-state index is 0.0965. The molecule has 0 aromatic rings. The molecular formula is C40H62O10. The van der Waals surface area contributed by atoms with Crippen molar-refractivity contribution in [2.75, 3.05) is 0 Å². The van der Waals surface area contributed by atoms with E-state index in [0.717, 1.165) is 38.5 Å². The molecule has 0 fully saturated rings. The Morgan fingerprint density at radius 3 is 1.68 bits per heavy atom. The average molecular weight is 703 g/mol. The molecular weight excluding hydrogens is 640 g/mol. The number of allylic oxidation sites excluding steroid dienone is 10. The van der Waals surface area contributed by atoms with Crippen LogP contribution in [-0.2, 0) is 19.1 Å². The number of ketones is 2. The molecule has 1 aliphatic rings. The predicted molar refractivity (Wildman–Crippen MR) is 195 cm³/mol. The number of Topliss-reactive ketones (excluding diaryl/α,β-unsaturated/α-hetero) is 2. The normalized spacial score (nSPS) is 33.4. The fraction of sp³-hybridized carbons (Fsp3) is 0.625. The standard InChI is InChI=1S/C40H62O10/c1-4-29(2)39-21-17-13-9-12-16-20-32(42)23-34(44)25-36(46)27-38(48)28-37(47)26-35(45)24-33(43)22-31(41)19-15-11-8-6-5-7-10-14-18-30(3)40(49)50-39/h5-8,10-11,14-15,18-19,29,33-37,39,41,43-47H,4,9,12-13,16-17,20-28H2,1-3H3/b7-5+,8-6+,14-10+,15-11+,30-18+,31-19-. The van der Waals surface area contributed by atoms with Gasteiger partial charge in [0.15, 0.2) is 0 Å². The van der Waals surface area contributed by atoms with Gasteiger partial charge in [0, 0.05) is 44.1 Å². The van der Waals surface area contributed by atoms with Crippen LogP contribution in [0, 0.1) is 5.92 Å². The third-order valence-corrected chi connectivity index (χ3v) is 8.68. The summed E-state index contributed by atoms with van der Waals surface area (Å²) in [6.07, 6.45) is 16.3. The summed E-state index contributed by atoms with van der Waals surface area (Å²) >= 11 is 0. The van der Waals surface area contributed by atoms with Crippen molar-refractivity contribution >= 4 is 17.5 Å². The molecule has 6 N–H and O–H groups in total. The lowest BCUT2D eigenvalue weighted by Gasteiger charge is -2.23. The smallest absolute Gasteiger partial charge is 0.333 e. The third-order valence-electron chi connectivity index (χ3n) is 8.68. The topological polar surface area (TPSA) is 182 Å². The van der Waals surface area contributed by atoms with E-state index >= 15 is 0 Å². The zero-order chi connectivity index (χ0) is 37.3. The molecule has 0 aromatic carbocycles. The zero-order valence-corrected chi connectivity index (χ0v) is 30.2. The number of hydrogen-bond donors (Lipinski definition) is 6. The van der Waals surface area contributed by atoms with Crippen molar-refractivity contribution in [1.82, 2.24) is 0 Å². The SMILES string of the molecule is CCC(C)C1CCCCCCCC(=O)CC(O)CC(O)CC(=O)CC(O)CC(O)CC(O)C/C(O)=C/C=C/C=C/C=C/C=C/C=C(\C)C(=O)O1. The van der Waals surface area contributed by atoms with Crippen LogP contribution in [0.1, 0.15) is 117 Å². The lowest BCUT2D eigenvalue weighted by atomic mass is 9.95. The fourth-order valence-electron chi connectivity index (χ4n) is 5.63. The number of ether oxygens (including phenoxy) is 1. The van der Waals surface area contributed by atoms with Crippen LogP contribution in [0.5, 0.6) is 0 Å². The van der Waals surface area contributed by atoms with E-state index in [9.17, 15) is 45.0 Å². The second-order valence-electron chi connectivity index (χ2n) is 13.6. The maximum absolute atomic E-state index is 12.7. The largest absolute Gasteiger partial charge is 0.512 e. The van der Waals surface area contributed by atoms with Crippen molar-refractivity contribution in [2.45, 2.75) is 154 Å². The molecule has 7 unspecified atom stereocenters. The van der Waals surface area contributed by atoms with Crippen LogP contribution in [0.25, 0.3) is 0 Å². The Morgan fingerprint density at radius 1 is 0.640 bits per heavy atom. The minimum atomic E-state index is -1.19. The van der Waals surface area contributed by atoms with E-state index in [1.54, 1.807) is 61.6 Å². The molecule has 0 radical (unpaired) electrons. The van der Waals surface area contributed by atoms with Crippen LogP contribution in [0.2, 0.25) is 0 Å². The molecule has 50 heavy (non-hydrogen) atoms. The maximum atomic E-state index is 12.7. The van der Waals surface area contributed by atoms with Crippen LogP contribution in [-0.4, -0.2) is 84.8 Å². The number of rotatable bonds is 2. The molecule has 0 aliphatic carbocycles. The lowest BCUT2D eigenvalue weighted by Crippen LogP contribution is -2.27. The third kappa shape index (κ3) is 22.5. The van der Waals surface area contributed by atoms with Gasteiger partial charge in [-0.3, -0.25) is 9.59 Å². The number of aliphatic hydroxyl groups excluding tert-OH is 6. The highest BCUT2D eigenvalue weighted by Crippen LogP contribution is 2.21. The van der Waals surface area contributed by atoms with Crippen LogP contribution in [0.3, 0.4) is 0 Å². The first-order chi connectivity index (χ1) is 23.8. The summed E-state index contributed by atoms with van der Waals surface area (Å²) < 4.78 is 5.87. The van der Waals surface area contributed by atoms with Crippen LogP contribution < -0.4 is 0 Å². The van der Waals surface area contributed by atoms with Gasteiger partial charge in [0.2, 0.25) is 0 Å². The Balaban J connectivity index is 2.87. The van der Waals surface area contributed by atoms with E-state index < -0.39 is 36.3 Å². The number of carbonyl (C=O) groups excluding carboxylic acids is 3. The summed E-state index contributed by atoms with van der Waals surface area (Å²) in [6, 6.07) is 0. The molecule has 0 bridgehead atoms. The highest BCUT2D eigenvalue weighted by Gasteiger charge is 2.23. The lowest BCUT2D eigenvalue weighted by molar-refractivity contribution is -0.147. The molecule has 10 nitrogen and oxygen atoms in total. The number of aliphatic hydroxyl groups is 6. The highest BCUT2D eigenvalue weighted by atomic mass is 16.5. The van der Waals surface area contributed by atoms with Gasteiger partial charge in [-0.1, -0.05) is 94.2 Å². The maximum Gasteiger partial charge on any atom is 0.333 e. The predicted octanol–water partition coefficient (Wildman–Crippen LogP) is 5.98. The second kappa shape index (κ2) is 26.6. The summed E-state index contributed by atoms with van der Waals surface area (Å²) in [5.74, 6) is -0.768. The van der Waals surface area contributed by atoms with Crippen molar-refractivity contribution in [3.63, 3.8) is 0 Å². The van der Waals surface area contributed by atoms with Crippen LogP contribution in [0.4, 0.5) is 0 Å². The van der Waals surface area contributed by atoms with Crippen LogP contribution in [0.15, 0.2) is 72.1 Å². The number of carbonyl (C=O) groups is 3. The molecule has 0 saturated carbocycles. The average Bonchev–Trinajstić information content (AvgIpc) is 3.02. The van der Waals surface area contributed by atoms with Gasteiger partial charge in [-0.15, -0.1) is 0 Å². The van der Waals surface area contributed by atoms with Crippen molar-refractivity contribution in [3.05, 3.63) is 72.1 Å². The van der Waals surface area contributed by atoms with E-state index in [4.69, 9.17) is 4.74 Å². The van der Waals surface area contributed by atoms with Crippen molar-refractivity contribution in [2.24, 2.45) is 5.92 Å². The first kappa shape index (κ1) is 44.9. The number of cyclic esters (lactones) is 1. The molecule has 0 spiro atoms. The Bertz CT molecular complexity index is 1180. The van der Waals surface area contributed by atoms with Crippen LogP contribution >= 0.6 is 0 Å². The van der Waals surface area contributed by atoms with Gasteiger partial charge in [0.25, 0.3) is 0 Å². The number of hydrogen-bond acceptors (Lipinski definition) is 10.